The summed E-state index contributed by atoms with van der Waals surface area (Å²) in [5, 5.41) is 24.4. The van der Waals surface area contributed by atoms with E-state index >= 15 is 0 Å². The van der Waals surface area contributed by atoms with Crippen molar-refractivity contribution in [3.8, 4) is 33.6 Å². The fraction of sp³-hybridized carbons (Fsp3) is 0.185. The Bertz CT molecular complexity index is 1770. The Morgan fingerprint density at radius 2 is 1.95 bits per heavy atom. The molecule has 6 rings (SSSR count). The van der Waals surface area contributed by atoms with Crippen molar-refractivity contribution in [2.45, 2.75) is 33.2 Å². The van der Waals surface area contributed by atoms with Gasteiger partial charge < -0.3 is 14.1 Å². The van der Waals surface area contributed by atoms with Crippen LogP contribution >= 0.6 is 15.9 Å². The van der Waals surface area contributed by atoms with Gasteiger partial charge in [-0.1, -0.05) is 31.2 Å². The Hall–Kier alpha value is -4.38. The quantitative estimate of drug-likeness (QED) is 0.247. The number of imidazole rings is 1. The molecule has 0 amide bonds. The first-order valence-electron chi connectivity index (χ1n) is 12.1. The average Bonchev–Trinajstić information content (AvgIpc) is 3.63. The van der Waals surface area contributed by atoms with Crippen LogP contribution in [0.1, 0.15) is 40.8 Å². The topological polar surface area (TPSA) is 136 Å². The molecule has 190 valence electrons. The first-order valence-corrected chi connectivity index (χ1v) is 12.9. The number of rotatable bonds is 7. The predicted octanol–water partition coefficient (Wildman–Crippen LogP) is 5.75. The van der Waals surface area contributed by atoms with Crippen LogP contribution in [0.5, 0.6) is 0 Å². The molecule has 0 saturated carbocycles. The number of aromatic amines is 1. The van der Waals surface area contributed by atoms with E-state index in [0.29, 0.717) is 23.5 Å². The average molecular weight is 572 g/mol. The monoisotopic (exact) mass is 571 g/mol. The third-order valence-corrected chi connectivity index (χ3v) is 7.46. The number of tetrazole rings is 1. The lowest BCUT2D eigenvalue weighted by atomic mass is 9.97. The van der Waals surface area contributed by atoms with E-state index in [-0.39, 0.29) is 5.69 Å². The number of benzene rings is 1. The summed E-state index contributed by atoms with van der Waals surface area (Å²) >= 11 is 3.84. The number of nitrogens with zero attached hydrogens (tertiary/aromatic N) is 6. The summed E-state index contributed by atoms with van der Waals surface area (Å²) in [6.07, 6.45) is 4.97. The number of pyridine rings is 1. The van der Waals surface area contributed by atoms with E-state index < -0.39 is 5.97 Å². The maximum atomic E-state index is 11.8. The number of hydrogen-bond acceptors (Lipinski definition) is 7. The number of aromatic carboxylic acids is 1. The zero-order valence-corrected chi connectivity index (χ0v) is 22.2. The fourth-order valence-electron chi connectivity index (χ4n) is 4.96. The molecule has 1 aromatic carbocycles. The molecule has 38 heavy (non-hydrogen) atoms. The molecule has 4 heterocycles. The van der Waals surface area contributed by atoms with Crippen LogP contribution < -0.4 is 0 Å². The highest BCUT2D eigenvalue weighted by atomic mass is 79.9. The van der Waals surface area contributed by atoms with Crippen LogP contribution in [0.4, 0.5) is 0 Å². The highest BCUT2D eigenvalue weighted by Gasteiger charge is 2.27. The first-order chi connectivity index (χ1) is 18.5. The number of halogens is 1. The van der Waals surface area contributed by atoms with Gasteiger partial charge in [-0.3, -0.25) is 0 Å². The summed E-state index contributed by atoms with van der Waals surface area (Å²) < 4.78 is 8.44. The number of carboxylic acids is 1. The van der Waals surface area contributed by atoms with Gasteiger partial charge in [0.05, 0.1) is 19.1 Å². The maximum absolute atomic E-state index is 11.8. The Labute approximate surface area is 225 Å². The number of carboxylic acid groups (broad SMARTS) is 1. The summed E-state index contributed by atoms with van der Waals surface area (Å²) in [5.41, 5.74) is 7.64. The highest BCUT2D eigenvalue weighted by Crippen LogP contribution is 2.48. The van der Waals surface area contributed by atoms with E-state index in [2.05, 4.69) is 48.5 Å². The lowest BCUT2D eigenvalue weighted by Crippen LogP contribution is -2.09. The molecule has 1 aliphatic heterocycles. The number of aryl methyl sites for hydroxylation is 2. The second-order valence-corrected chi connectivity index (χ2v) is 9.79. The van der Waals surface area contributed by atoms with Gasteiger partial charge in [-0.05, 0) is 68.9 Å². The molecule has 0 unspecified atom stereocenters. The number of hydrogen-bond donors (Lipinski definition) is 2. The van der Waals surface area contributed by atoms with Gasteiger partial charge in [0, 0.05) is 27.6 Å². The van der Waals surface area contributed by atoms with E-state index in [9.17, 15) is 9.90 Å². The molecule has 11 heteroatoms. The molecular weight excluding hydrogens is 550 g/mol. The Balaban J connectivity index is 1.63. The minimum atomic E-state index is -1.07. The van der Waals surface area contributed by atoms with Crippen molar-refractivity contribution >= 4 is 33.1 Å². The van der Waals surface area contributed by atoms with Gasteiger partial charge in [-0.25, -0.2) is 14.8 Å². The molecule has 4 aromatic rings. The van der Waals surface area contributed by atoms with Crippen LogP contribution in [-0.4, -0.2) is 46.2 Å². The normalized spacial score (nSPS) is 11.6. The van der Waals surface area contributed by atoms with Gasteiger partial charge in [-0.2, -0.15) is 5.21 Å². The van der Waals surface area contributed by atoms with Crippen molar-refractivity contribution < 1.29 is 14.3 Å². The van der Waals surface area contributed by atoms with Gasteiger partial charge in [0.2, 0.25) is 5.82 Å². The SMILES string of the molecule is CCCc1nc2c(C)cc(C(=O)O)nc2n1Cc1c2ccocc-2c(Br)c1-c1ccccc1-c1nn[nH]n1. The minimum Gasteiger partial charge on any atom is -0.477 e. The summed E-state index contributed by atoms with van der Waals surface area (Å²) in [6.45, 7) is 4.38. The Morgan fingerprint density at radius 1 is 1.13 bits per heavy atom. The second-order valence-electron chi connectivity index (χ2n) is 9.00. The molecule has 2 aliphatic rings. The third-order valence-electron chi connectivity index (χ3n) is 6.64. The van der Waals surface area contributed by atoms with Crippen LogP contribution in [0.25, 0.3) is 44.8 Å². The van der Waals surface area contributed by atoms with E-state index in [0.717, 1.165) is 62.1 Å². The van der Waals surface area contributed by atoms with Crippen molar-refractivity contribution in [2.75, 3.05) is 0 Å². The smallest absolute Gasteiger partial charge is 0.354 e. The zero-order chi connectivity index (χ0) is 26.4. The van der Waals surface area contributed by atoms with Gasteiger partial charge in [-0.15, -0.1) is 10.2 Å². The summed E-state index contributed by atoms with van der Waals surface area (Å²) in [4.78, 5) is 21.2. The van der Waals surface area contributed by atoms with E-state index in [4.69, 9.17) is 9.40 Å². The van der Waals surface area contributed by atoms with Crippen LogP contribution in [0.3, 0.4) is 0 Å². The standard InChI is InChI=1S/C27H22BrN7O3/c1-3-6-21-30-24-14(2)11-20(27(36)37)29-26(24)35(21)12-18-15-9-10-38-13-19(15)23(28)22(18)16-7-4-5-8-17(16)25-31-33-34-32-25/h4-5,7-11,13H,3,6,12H2,1-2H3,(H,36,37)(H,31,32,33,34). The molecule has 10 nitrogen and oxygen atoms in total. The molecule has 0 bridgehead atoms. The molecule has 0 atom stereocenters. The molecule has 1 aliphatic carbocycles. The fourth-order valence-corrected chi connectivity index (χ4v) is 5.72. The third kappa shape index (κ3) is 3.86. The van der Waals surface area contributed by atoms with Crippen LogP contribution in [0.2, 0.25) is 0 Å². The van der Waals surface area contributed by atoms with Gasteiger partial charge in [0.25, 0.3) is 0 Å². The van der Waals surface area contributed by atoms with E-state index in [1.165, 1.54) is 0 Å². The van der Waals surface area contributed by atoms with Crippen molar-refractivity contribution in [3.63, 3.8) is 0 Å². The molecule has 0 fully saturated rings. The second kappa shape index (κ2) is 9.49. The minimum absolute atomic E-state index is 0.00535. The van der Waals surface area contributed by atoms with E-state index in [1.807, 2.05) is 41.8 Å². The van der Waals surface area contributed by atoms with Crippen molar-refractivity contribution in [1.82, 2.24) is 35.2 Å². The number of fused-ring (bicyclic) bond motifs is 2. The van der Waals surface area contributed by atoms with Crippen LogP contribution in [0.15, 0.2) is 57.8 Å². The highest BCUT2D eigenvalue weighted by molar-refractivity contribution is 9.10. The lowest BCUT2D eigenvalue weighted by molar-refractivity contribution is 0.0690. The van der Waals surface area contributed by atoms with Crippen LogP contribution in [0, 0.1) is 6.92 Å². The lowest BCUT2D eigenvalue weighted by Gasteiger charge is -2.14. The van der Waals surface area contributed by atoms with Crippen molar-refractivity contribution in [3.05, 3.63) is 76.0 Å². The summed E-state index contributed by atoms with van der Waals surface area (Å²) in [6, 6.07) is 11.4. The van der Waals surface area contributed by atoms with E-state index in [1.54, 1.807) is 18.6 Å². The molecule has 2 N–H and O–H groups in total. The Morgan fingerprint density at radius 3 is 2.68 bits per heavy atom. The number of nitrogens with one attached hydrogen (secondary N) is 1. The molecule has 0 saturated heterocycles. The largest absolute Gasteiger partial charge is 0.477 e. The van der Waals surface area contributed by atoms with Gasteiger partial charge in [0.15, 0.2) is 11.3 Å². The van der Waals surface area contributed by atoms with Crippen molar-refractivity contribution in [2.24, 2.45) is 0 Å². The summed E-state index contributed by atoms with van der Waals surface area (Å²) in [5.74, 6) is 0.262. The summed E-state index contributed by atoms with van der Waals surface area (Å²) in [7, 11) is 0. The molecular formula is C27H22BrN7O3. The van der Waals surface area contributed by atoms with Gasteiger partial charge in [0.1, 0.15) is 11.3 Å². The van der Waals surface area contributed by atoms with Crippen molar-refractivity contribution in [1.29, 1.82) is 0 Å². The first kappa shape index (κ1) is 24.0. The number of carbonyl (C=O) groups is 1. The molecule has 0 radical (unpaired) electrons. The Kier molecular flexibility index (Phi) is 5.99. The predicted molar refractivity (Wildman–Crippen MR) is 144 cm³/mol. The zero-order valence-electron chi connectivity index (χ0n) is 20.6. The number of H-pyrrole nitrogens is 1. The molecule has 3 aromatic heterocycles. The molecule has 0 spiro atoms. The van der Waals surface area contributed by atoms with Crippen LogP contribution in [-0.2, 0) is 13.0 Å². The van der Waals surface area contributed by atoms with Gasteiger partial charge >= 0.3 is 5.97 Å². The maximum Gasteiger partial charge on any atom is 0.354 e. The number of aromatic nitrogens is 7.